The van der Waals surface area contributed by atoms with Gasteiger partial charge in [-0.3, -0.25) is 4.79 Å². The van der Waals surface area contributed by atoms with Crippen LogP contribution in [0, 0.1) is 0 Å². The SMILES string of the molecule is CCCNc1ncccc1C(=O)NCC1(N(C)C)CCC1. The van der Waals surface area contributed by atoms with Gasteiger partial charge in [0.25, 0.3) is 5.91 Å². The van der Waals surface area contributed by atoms with Crippen molar-refractivity contribution < 1.29 is 4.79 Å². The molecular weight excluding hydrogens is 264 g/mol. The molecule has 1 aliphatic carbocycles. The van der Waals surface area contributed by atoms with E-state index < -0.39 is 0 Å². The van der Waals surface area contributed by atoms with Crippen LogP contribution in [0.3, 0.4) is 0 Å². The molecule has 5 heteroatoms. The van der Waals surface area contributed by atoms with E-state index in [0.717, 1.165) is 25.8 Å². The Balaban J connectivity index is 2.00. The van der Waals surface area contributed by atoms with Crippen LogP contribution in [0.2, 0.25) is 0 Å². The molecule has 1 aromatic heterocycles. The van der Waals surface area contributed by atoms with E-state index in [1.165, 1.54) is 6.42 Å². The third-order valence-electron chi connectivity index (χ3n) is 4.41. The number of amides is 1. The summed E-state index contributed by atoms with van der Waals surface area (Å²) in [5.74, 6) is 0.624. The van der Waals surface area contributed by atoms with E-state index in [-0.39, 0.29) is 11.4 Å². The summed E-state index contributed by atoms with van der Waals surface area (Å²) in [7, 11) is 4.17. The second-order valence-electron chi connectivity index (χ2n) is 5.98. The van der Waals surface area contributed by atoms with Gasteiger partial charge in [-0.2, -0.15) is 0 Å². The van der Waals surface area contributed by atoms with Crippen molar-refractivity contribution in [3.63, 3.8) is 0 Å². The lowest BCUT2D eigenvalue weighted by molar-refractivity contribution is 0.0558. The molecule has 116 valence electrons. The summed E-state index contributed by atoms with van der Waals surface area (Å²) in [5.41, 5.74) is 0.758. The average molecular weight is 290 g/mol. The van der Waals surface area contributed by atoms with Gasteiger partial charge in [-0.25, -0.2) is 4.98 Å². The highest BCUT2D eigenvalue weighted by molar-refractivity contribution is 5.98. The number of carbonyl (C=O) groups excluding carboxylic acids is 1. The van der Waals surface area contributed by atoms with E-state index in [0.29, 0.717) is 17.9 Å². The van der Waals surface area contributed by atoms with Crippen LogP contribution in [-0.4, -0.2) is 48.5 Å². The Morgan fingerprint density at radius 2 is 2.19 bits per heavy atom. The summed E-state index contributed by atoms with van der Waals surface area (Å²) in [6, 6.07) is 3.63. The molecule has 0 atom stereocenters. The van der Waals surface area contributed by atoms with E-state index in [1.54, 1.807) is 12.3 Å². The Morgan fingerprint density at radius 1 is 1.43 bits per heavy atom. The van der Waals surface area contributed by atoms with Gasteiger partial charge < -0.3 is 15.5 Å². The fourth-order valence-corrected chi connectivity index (χ4v) is 2.68. The Labute approximate surface area is 127 Å². The topological polar surface area (TPSA) is 57.3 Å². The van der Waals surface area contributed by atoms with Crippen LogP contribution in [-0.2, 0) is 0 Å². The first-order valence-electron chi connectivity index (χ1n) is 7.73. The molecule has 0 spiro atoms. The Bertz CT molecular complexity index is 483. The van der Waals surface area contributed by atoms with Crippen molar-refractivity contribution in [1.29, 1.82) is 0 Å². The second kappa shape index (κ2) is 6.89. The molecule has 2 N–H and O–H groups in total. The summed E-state index contributed by atoms with van der Waals surface area (Å²) in [6.45, 7) is 3.60. The maximum absolute atomic E-state index is 12.4. The second-order valence-corrected chi connectivity index (χ2v) is 5.98. The van der Waals surface area contributed by atoms with Crippen molar-refractivity contribution in [2.75, 3.05) is 32.5 Å². The van der Waals surface area contributed by atoms with Gasteiger partial charge in [-0.05, 0) is 51.9 Å². The molecule has 1 heterocycles. The number of hydrogen-bond acceptors (Lipinski definition) is 4. The molecule has 1 aromatic rings. The zero-order valence-corrected chi connectivity index (χ0v) is 13.3. The van der Waals surface area contributed by atoms with Crippen molar-refractivity contribution in [2.45, 2.75) is 38.1 Å². The van der Waals surface area contributed by atoms with Crippen molar-refractivity contribution in [1.82, 2.24) is 15.2 Å². The monoisotopic (exact) mass is 290 g/mol. The van der Waals surface area contributed by atoms with Crippen LogP contribution in [0.15, 0.2) is 18.3 Å². The van der Waals surface area contributed by atoms with Gasteiger partial charge >= 0.3 is 0 Å². The summed E-state index contributed by atoms with van der Waals surface area (Å²) in [4.78, 5) is 18.9. The van der Waals surface area contributed by atoms with Crippen LogP contribution in [0.4, 0.5) is 5.82 Å². The molecule has 1 aliphatic rings. The van der Waals surface area contributed by atoms with Gasteiger partial charge in [0, 0.05) is 24.8 Å². The standard InChI is InChI=1S/C16H26N4O/c1-4-10-17-14-13(7-5-11-18-14)15(21)19-12-16(20(2)3)8-6-9-16/h5,7,11H,4,6,8-10,12H2,1-3H3,(H,17,18)(H,19,21). The van der Waals surface area contributed by atoms with Crippen LogP contribution in [0.5, 0.6) is 0 Å². The molecule has 5 nitrogen and oxygen atoms in total. The predicted octanol–water partition coefficient (Wildman–Crippen LogP) is 2.12. The molecular formula is C16H26N4O. The van der Waals surface area contributed by atoms with E-state index in [9.17, 15) is 4.79 Å². The zero-order chi connectivity index (χ0) is 15.3. The Kier molecular flexibility index (Phi) is 5.17. The van der Waals surface area contributed by atoms with Gasteiger partial charge in [0.1, 0.15) is 5.82 Å². The molecule has 2 rings (SSSR count). The molecule has 0 aliphatic heterocycles. The first-order valence-corrected chi connectivity index (χ1v) is 7.73. The van der Waals surface area contributed by atoms with Gasteiger partial charge in [0.15, 0.2) is 0 Å². The van der Waals surface area contributed by atoms with Gasteiger partial charge in [0.2, 0.25) is 0 Å². The number of nitrogens with one attached hydrogen (secondary N) is 2. The average Bonchev–Trinajstić information content (AvgIpc) is 2.43. The number of rotatable bonds is 7. The highest BCUT2D eigenvalue weighted by Crippen LogP contribution is 2.35. The minimum absolute atomic E-state index is 0.0465. The number of hydrogen-bond donors (Lipinski definition) is 2. The molecule has 0 saturated heterocycles. The molecule has 21 heavy (non-hydrogen) atoms. The summed E-state index contributed by atoms with van der Waals surface area (Å²) in [5, 5.41) is 6.29. The van der Waals surface area contributed by atoms with Gasteiger partial charge in [-0.1, -0.05) is 6.92 Å². The number of carbonyl (C=O) groups is 1. The molecule has 0 radical (unpaired) electrons. The van der Waals surface area contributed by atoms with Crippen LogP contribution in [0.1, 0.15) is 43.0 Å². The van der Waals surface area contributed by atoms with Gasteiger partial charge in [0.05, 0.1) is 5.56 Å². The van der Waals surface area contributed by atoms with Crippen molar-refractivity contribution in [2.24, 2.45) is 0 Å². The summed E-state index contributed by atoms with van der Waals surface area (Å²) < 4.78 is 0. The van der Waals surface area contributed by atoms with Crippen molar-refractivity contribution in [3.8, 4) is 0 Å². The van der Waals surface area contributed by atoms with E-state index in [2.05, 4.69) is 41.5 Å². The highest BCUT2D eigenvalue weighted by atomic mass is 16.1. The number of anilines is 1. The summed E-state index contributed by atoms with van der Waals surface area (Å²) in [6.07, 6.45) is 6.25. The molecule has 0 unspecified atom stereocenters. The normalized spacial score (nSPS) is 16.4. The zero-order valence-electron chi connectivity index (χ0n) is 13.3. The minimum Gasteiger partial charge on any atom is -0.369 e. The van der Waals surface area contributed by atoms with Crippen LogP contribution >= 0.6 is 0 Å². The minimum atomic E-state index is -0.0465. The van der Waals surface area contributed by atoms with E-state index >= 15 is 0 Å². The fourth-order valence-electron chi connectivity index (χ4n) is 2.68. The first kappa shape index (κ1) is 15.8. The fraction of sp³-hybridized carbons (Fsp3) is 0.625. The highest BCUT2D eigenvalue weighted by Gasteiger charge is 2.39. The number of likely N-dealkylation sites (N-methyl/N-ethyl adjacent to an activating group) is 1. The summed E-state index contributed by atoms with van der Waals surface area (Å²) >= 11 is 0. The Hall–Kier alpha value is -1.62. The predicted molar refractivity (Wildman–Crippen MR) is 85.6 cm³/mol. The molecule has 0 bridgehead atoms. The van der Waals surface area contributed by atoms with E-state index in [1.807, 2.05) is 6.07 Å². The number of aromatic nitrogens is 1. The molecule has 1 amide bonds. The maximum Gasteiger partial charge on any atom is 0.255 e. The quantitative estimate of drug-likeness (QED) is 0.807. The lowest BCUT2D eigenvalue weighted by Crippen LogP contribution is -2.57. The van der Waals surface area contributed by atoms with Crippen LogP contribution < -0.4 is 10.6 Å². The lowest BCUT2D eigenvalue weighted by atomic mass is 9.75. The van der Waals surface area contributed by atoms with Crippen molar-refractivity contribution in [3.05, 3.63) is 23.9 Å². The third-order valence-corrected chi connectivity index (χ3v) is 4.41. The smallest absolute Gasteiger partial charge is 0.255 e. The number of nitrogens with zero attached hydrogens (tertiary/aromatic N) is 2. The first-order chi connectivity index (χ1) is 10.1. The van der Waals surface area contributed by atoms with Crippen molar-refractivity contribution >= 4 is 11.7 Å². The Morgan fingerprint density at radius 3 is 2.76 bits per heavy atom. The van der Waals surface area contributed by atoms with Gasteiger partial charge in [-0.15, -0.1) is 0 Å². The maximum atomic E-state index is 12.4. The van der Waals surface area contributed by atoms with E-state index in [4.69, 9.17) is 0 Å². The lowest BCUT2D eigenvalue weighted by Gasteiger charge is -2.47. The molecule has 1 fully saturated rings. The molecule has 1 saturated carbocycles. The number of pyridine rings is 1. The third kappa shape index (κ3) is 3.53. The van der Waals surface area contributed by atoms with Crippen LogP contribution in [0.25, 0.3) is 0 Å². The largest absolute Gasteiger partial charge is 0.369 e. The molecule has 0 aromatic carbocycles.